The molecule has 3 aromatic rings. The Morgan fingerprint density at radius 1 is 1.13 bits per heavy atom. The third-order valence-electron chi connectivity index (χ3n) is 8.13. The molecular weight excluding hydrogens is 496 g/mol. The summed E-state index contributed by atoms with van der Waals surface area (Å²) in [4.78, 5) is 24.8. The molecule has 4 atom stereocenters. The van der Waals surface area contributed by atoms with E-state index in [9.17, 15) is 4.79 Å². The lowest BCUT2D eigenvalue weighted by Gasteiger charge is -2.41. The van der Waals surface area contributed by atoms with Gasteiger partial charge in [-0.25, -0.2) is 4.79 Å². The van der Waals surface area contributed by atoms with Crippen LogP contribution in [-0.2, 0) is 9.47 Å². The van der Waals surface area contributed by atoms with Crippen LogP contribution in [0.2, 0.25) is 0 Å². The summed E-state index contributed by atoms with van der Waals surface area (Å²) in [6.07, 6.45) is 3.62. The van der Waals surface area contributed by atoms with E-state index in [0.717, 1.165) is 55.7 Å². The SMILES string of the molecule is COC[C@H](Nc1nc(NC2CCC3CCC2N3C(=O)OC2CNC2)n2nc(C(C)C)cc2n1)c1ccccc1. The van der Waals surface area contributed by atoms with Gasteiger partial charge in [-0.2, -0.15) is 19.6 Å². The Balaban J connectivity index is 1.29. The number of rotatable bonds is 9. The molecule has 2 bridgehead atoms. The first-order valence-electron chi connectivity index (χ1n) is 14.0. The lowest BCUT2D eigenvalue weighted by Crippen LogP contribution is -2.56. The number of anilines is 2. The quantitative estimate of drug-likeness (QED) is 0.379. The summed E-state index contributed by atoms with van der Waals surface area (Å²) in [7, 11) is 1.69. The van der Waals surface area contributed by atoms with E-state index >= 15 is 0 Å². The Bertz CT molecular complexity index is 1290. The van der Waals surface area contributed by atoms with Gasteiger partial charge in [-0.05, 0) is 37.2 Å². The van der Waals surface area contributed by atoms with Gasteiger partial charge in [0.1, 0.15) is 6.10 Å². The van der Waals surface area contributed by atoms with E-state index in [1.807, 2.05) is 29.2 Å². The van der Waals surface area contributed by atoms with E-state index in [1.54, 1.807) is 11.6 Å². The van der Waals surface area contributed by atoms with Crippen LogP contribution in [0.25, 0.3) is 5.65 Å². The van der Waals surface area contributed by atoms with Crippen LogP contribution in [0.5, 0.6) is 0 Å². The number of carbonyl (C=O) groups is 1. The van der Waals surface area contributed by atoms with Crippen LogP contribution in [0.3, 0.4) is 0 Å². The first-order valence-corrected chi connectivity index (χ1v) is 14.0. The minimum absolute atomic E-state index is 0.0245. The Labute approximate surface area is 228 Å². The minimum atomic E-state index is -0.192. The number of hydrogen-bond acceptors (Lipinski definition) is 9. The molecule has 11 heteroatoms. The summed E-state index contributed by atoms with van der Waals surface area (Å²) in [5.41, 5.74) is 2.76. The Hall–Kier alpha value is -3.44. The van der Waals surface area contributed by atoms with Crippen LogP contribution in [0.15, 0.2) is 36.4 Å². The highest BCUT2D eigenvalue weighted by atomic mass is 16.6. The minimum Gasteiger partial charge on any atom is -0.443 e. The molecule has 0 saturated carbocycles. The van der Waals surface area contributed by atoms with Crippen molar-refractivity contribution in [1.29, 1.82) is 0 Å². The fraction of sp³-hybridized carbons (Fsp3) is 0.571. The van der Waals surface area contributed by atoms with Crippen molar-refractivity contribution >= 4 is 23.6 Å². The lowest BCUT2D eigenvalue weighted by molar-refractivity contribution is 0.0186. The third kappa shape index (κ3) is 5.25. The summed E-state index contributed by atoms with van der Waals surface area (Å²) in [6.45, 7) is 6.17. The molecule has 39 heavy (non-hydrogen) atoms. The Morgan fingerprint density at radius 3 is 2.64 bits per heavy atom. The monoisotopic (exact) mass is 534 g/mol. The molecule has 1 amide bonds. The number of ether oxygens (including phenoxy) is 2. The Morgan fingerprint density at radius 2 is 1.92 bits per heavy atom. The van der Waals surface area contributed by atoms with Crippen molar-refractivity contribution in [3.63, 3.8) is 0 Å². The predicted octanol–water partition coefficient (Wildman–Crippen LogP) is 3.56. The second-order valence-electron chi connectivity index (χ2n) is 11.1. The highest BCUT2D eigenvalue weighted by Crippen LogP contribution is 2.38. The van der Waals surface area contributed by atoms with Gasteiger partial charge in [0.25, 0.3) is 0 Å². The molecule has 3 aliphatic rings. The second-order valence-corrected chi connectivity index (χ2v) is 11.1. The van der Waals surface area contributed by atoms with Crippen molar-refractivity contribution in [1.82, 2.24) is 29.8 Å². The van der Waals surface area contributed by atoms with E-state index in [1.165, 1.54) is 0 Å². The predicted molar refractivity (Wildman–Crippen MR) is 148 cm³/mol. The molecule has 0 spiro atoms. The summed E-state index contributed by atoms with van der Waals surface area (Å²) in [6, 6.07) is 12.4. The van der Waals surface area contributed by atoms with Crippen LogP contribution < -0.4 is 16.0 Å². The molecule has 11 nitrogen and oxygen atoms in total. The molecule has 0 aliphatic carbocycles. The molecule has 5 heterocycles. The van der Waals surface area contributed by atoms with Crippen molar-refractivity contribution < 1.29 is 14.3 Å². The Kier molecular flexibility index (Phi) is 7.26. The molecular formula is C28H38N8O3. The number of benzene rings is 1. The number of piperidine rings is 1. The van der Waals surface area contributed by atoms with Gasteiger partial charge < -0.3 is 30.3 Å². The standard InChI is InChI=1S/C28H38N8O3/c1-17(2)22-13-25-32-26(30-23(16-38-3)18-7-5-4-6-8-18)33-27(36(25)34-22)31-21-11-9-19-10-12-24(21)35(19)28(37)39-20-14-29-15-20/h4-8,13,17,19-21,23-24,29H,9-12,14-16H2,1-3H3,(H2,30,31,32,33)/t19?,21?,23-,24?/m0/s1. The number of fused-ring (bicyclic) bond motifs is 3. The molecule has 3 unspecified atom stereocenters. The third-order valence-corrected chi connectivity index (χ3v) is 8.13. The van der Waals surface area contributed by atoms with E-state index < -0.39 is 0 Å². The zero-order valence-corrected chi connectivity index (χ0v) is 22.8. The zero-order valence-electron chi connectivity index (χ0n) is 22.8. The van der Waals surface area contributed by atoms with Crippen LogP contribution in [0.4, 0.5) is 16.7 Å². The summed E-state index contributed by atoms with van der Waals surface area (Å²) >= 11 is 0. The summed E-state index contributed by atoms with van der Waals surface area (Å²) in [5.74, 6) is 1.36. The molecule has 3 saturated heterocycles. The number of nitrogens with zero attached hydrogens (tertiary/aromatic N) is 5. The fourth-order valence-corrected chi connectivity index (χ4v) is 5.90. The first kappa shape index (κ1) is 25.8. The van der Waals surface area contributed by atoms with E-state index in [-0.39, 0.29) is 42.3 Å². The summed E-state index contributed by atoms with van der Waals surface area (Å²) in [5, 5.41) is 15.1. The zero-order chi connectivity index (χ0) is 26.9. The molecule has 3 fully saturated rings. The fourth-order valence-electron chi connectivity index (χ4n) is 5.90. The maximum atomic E-state index is 13.1. The molecule has 3 aliphatic heterocycles. The number of hydrogen-bond donors (Lipinski definition) is 3. The molecule has 2 aromatic heterocycles. The average Bonchev–Trinajstić information content (AvgIpc) is 3.49. The van der Waals surface area contributed by atoms with E-state index in [4.69, 9.17) is 24.5 Å². The molecule has 208 valence electrons. The molecule has 6 rings (SSSR count). The second kappa shape index (κ2) is 11.0. The smallest absolute Gasteiger partial charge is 0.410 e. The van der Waals surface area contributed by atoms with Gasteiger partial charge in [-0.3, -0.25) is 0 Å². The van der Waals surface area contributed by atoms with Gasteiger partial charge in [0, 0.05) is 38.3 Å². The maximum Gasteiger partial charge on any atom is 0.410 e. The van der Waals surface area contributed by atoms with Gasteiger partial charge in [-0.1, -0.05) is 44.2 Å². The largest absolute Gasteiger partial charge is 0.443 e. The van der Waals surface area contributed by atoms with Crippen LogP contribution in [0.1, 0.15) is 62.7 Å². The molecule has 0 radical (unpaired) electrons. The molecule has 3 N–H and O–H groups in total. The number of amides is 1. The topological polar surface area (TPSA) is 118 Å². The first-order chi connectivity index (χ1) is 19.0. The summed E-state index contributed by atoms with van der Waals surface area (Å²) < 4.78 is 13.1. The van der Waals surface area contributed by atoms with Gasteiger partial charge in [0.15, 0.2) is 5.65 Å². The van der Waals surface area contributed by atoms with Crippen molar-refractivity contribution in [3.05, 3.63) is 47.7 Å². The van der Waals surface area contributed by atoms with E-state index in [0.29, 0.717) is 18.5 Å². The van der Waals surface area contributed by atoms with Gasteiger partial charge in [0.05, 0.1) is 24.4 Å². The number of aromatic nitrogens is 4. The highest BCUT2D eigenvalue weighted by Gasteiger charge is 2.46. The average molecular weight is 535 g/mol. The van der Waals surface area contributed by atoms with Crippen molar-refractivity contribution in [2.24, 2.45) is 0 Å². The van der Waals surface area contributed by atoms with Crippen molar-refractivity contribution in [3.8, 4) is 0 Å². The lowest BCUT2D eigenvalue weighted by atomic mass is 9.98. The van der Waals surface area contributed by atoms with Gasteiger partial charge in [0.2, 0.25) is 11.9 Å². The number of nitrogens with one attached hydrogen (secondary N) is 3. The van der Waals surface area contributed by atoms with Crippen molar-refractivity contribution in [2.75, 3.05) is 37.4 Å². The van der Waals surface area contributed by atoms with Crippen molar-refractivity contribution in [2.45, 2.75) is 75.7 Å². The van der Waals surface area contributed by atoms with Crippen LogP contribution in [0, 0.1) is 0 Å². The van der Waals surface area contributed by atoms with E-state index in [2.05, 4.69) is 41.9 Å². The normalized spacial score (nSPS) is 23.6. The van der Waals surface area contributed by atoms with Gasteiger partial charge in [-0.15, -0.1) is 0 Å². The van der Waals surface area contributed by atoms with Crippen LogP contribution >= 0.6 is 0 Å². The van der Waals surface area contributed by atoms with Crippen LogP contribution in [-0.4, -0.2) is 81.6 Å². The highest BCUT2D eigenvalue weighted by molar-refractivity contribution is 5.70. The maximum absolute atomic E-state index is 13.1. The molecule has 1 aromatic carbocycles. The van der Waals surface area contributed by atoms with Gasteiger partial charge >= 0.3 is 6.09 Å². The number of methoxy groups -OCH3 is 1. The number of carbonyl (C=O) groups excluding carboxylic acids is 1.